The number of oxime groups is 1. The zero-order chi connectivity index (χ0) is 22.6. The van der Waals surface area contributed by atoms with Crippen LogP contribution in [0.2, 0.25) is 0 Å². The molecule has 30 heavy (non-hydrogen) atoms. The first-order valence-electron chi connectivity index (χ1n) is 8.30. The number of nitrogens with zero attached hydrogens (tertiary/aromatic N) is 3. The van der Waals surface area contributed by atoms with Crippen molar-refractivity contribution in [1.29, 1.82) is 0 Å². The first-order chi connectivity index (χ1) is 14.0. The standard InChI is InChI=1S/C15H19N5O8S2/c1-4-28-9(21)5-7(2)12-11(14(23)20(12)30(24,25)26)18-13(22)10(19-27-3)8-6-29-15(16)17-8/h5-6,11-12H,4H2,1-3H3,(H2,16,17)(H,18,22)(H,24,25,26)/b7-5-,19-10-/t11-,12+/m1/s1. The van der Waals surface area contributed by atoms with E-state index in [1.165, 1.54) is 19.4 Å². The Hall–Kier alpha value is -3.04. The maximum atomic E-state index is 12.6. The van der Waals surface area contributed by atoms with E-state index >= 15 is 0 Å². The van der Waals surface area contributed by atoms with Crippen molar-refractivity contribution in [2.24, 2.45) is 5.16 Å². The van der Waals surface area contributed by atoms with Crippen LogP contribution < -0.4 is 11.1 Å². The Morgan fingerprint density at radius 2 is 2.17 bits per heavy atom. The van der Waals surface area contributed by atoms with Crippen LogP contribution in [-0.4, -0.2) is 71.6 Å². The molecule has 1 aromatic rings. The van der Waals surface area contributed by atoms with E-state index in [1.54, 1.807) is 6.92 Å². The van der Waals surface area contributed by atoms with Crippen molar-refractivity contribution in [3.63, 3.8) is 0 Å². The summed E-state index contributed by atoms with van der Waals surface area (Å²) in [6.45, 7) is 2.99. The van der Waals surface area contributed by atoms with E-state index in [-0.39, 0.29) is 33.0 Å². The van der Waals surface area contributed by atoms with E-state index in [4.69, 9.17) is 10.5 Å². The van der Waals surface area contributed by atoms with E-state index < -0.39 is 40.2 Å². The number of esters is 1. The quantitative estimate of drug-likeness (QED) is 0.109. The van der Waals surface area contributed by atoms with Gasteiger partial charge in [-0.05, 0) is 19.4 Å². The Morgan fingerprint density at radius 1 is 1.50 bits per heavy atom. The number of hydrogen-bond donors (Lipinski definition) is 3. The molecule has 2 atom stereocenters. The zero-order valence-corrected chi connectivity index (χ0v) is 17.7. The number of carbonyl (C=O) groups is 3. The van der Waals surface area contributed by atoms with Gasteiger partial charge in [0.15, 0.2) is 10.8 Å². The zero-order valence-electron chi connectivity index (χ0n) is 16.1. The molecule has 0 radical (unpaired) electrons. The summed E-state index contributed by atoms with van der Waals surface area (Å²) in [5, 5.41) is 7.47. The Balaban J connectivity index is 2.33. The van der Waals surface area contributed by atoms with Crippen molar-refractivity contribution in [2.75, 3.05) is 19.5 Å². The van der Waals surface area contributed by atoms with Crippen LogP contribution in [0, 0.1) is 0 Å². The van der Waals surface area contributed by atoms with Gasteiger partial charge in [0.05, 0.1) is 6.61 Å². The average molecular weight is 461 g/mol. The summed E-state index contributed by atoms with van der Waals surface area (Å²) in [5.74, 6) is -2.80. The van der Waals surface area contributed by atoms with Crippen LogP contribution >= 0.6 is 11.3 Å². The minimum absolute atomic E-state index is 0.0547. The van der Waals surface area contributed by atoms with Crippen molar-refractivity contribution in [2.45, 2.75) is 25.9 Å². The summed E-state index contributed by atoms with van der Waals surface area (Å²) in [4.78, 5) is 45.2. The first kappa shape index (κ1) is 23.2. The number of ether oxygens (including phenoxy) is 1. The lowest BCUT2D eigenvalue weighted by Crippen LogP contribution is -2.72. The van der Waals surface area contributed by atoms with E-state index in [2.05, 4.69) is 20.3 Å². The number of hydrogen-bond acceptors (Lipinski definition) is 11. The van der Waals surface area contributed by atoms with Gasteiger partial charge in [0.2, 0.25) is 0 Å². The molecule has 1 aliphatic rings. The highest BCUT2D eigenvalue weighted by Gasteiger charge is 2.55. The molecule has 1 fully saturated rings. The fraction of sp³-hybridized carbons (Fsp3) is 0.400. The molecule has 15 heteroatoms. The summed E-state index contributed by atoms with van der Waals surface area (Å²) < 4.78 is 37.4. The van der Waals surface area contributed by atoms with E-state index in [1.807, 2.05) is 0 Å². The molecule has 0 bridgehead atoms. The van der Waals surface area contributed by atoms with Gasteiger partial charge in [0.25, 0.3) is 11.8 Å². The van der Waals surface area contributed by atoms with Gasteiger partial charge >= 0.3 is 16.3 Å². The molecule has 0 aliphatic carbocycles. The Labute approximate surface area is 175 Å². The minimum atomic E-state index is -4.95. The Morgan fingerprint density at radius 3 is 2.67 bits per heavy atom. The van der Waals surface area contributed by atoms with Crippen LogP contribution in [0.25, 0.3) is 0 Å². The van der Waals surface area contributed by atoms with Gasteiger partial charge in [-0.25, -0.2) is 14.1 Å². The Bertz CT molecular complexity index is 1020. The molecule has 2 heterocycles. The van der Waals surface area contributed by atoms with Crippen LogP contribution in [0.1, 0.15) is 19.5 Å². The molecule has 4 N–H and O–H groups in total. The van der Waals surface area contributed by atoms with E-state index in [9.17, 15) is 27.4 Å². The second kappa shape index (κ2) is 9.19. The minimum Gasteiger partial charge on any atom is -0.463 e. The maximum Gasteiger partial charge on any atom is 0.362 e. The van der Waals surface area contributed by atoms with Gasteiger partial charge in [0.1, 0.15) is 24.9 Å². The molecule has 0 spiro atoms. The molecule has 1 saturated heterocycles. The molecule has 0 saturated carbocycles. The topological polar surface area (TPSA) is 191 Å². The number of carbonyl (C=O) groups excluding carboxylic acids is 3. The third-order valence-corrected chi connectivity index (χ3v) is 5.43. The average Bonchev–Trinajstić information content (AvgIpc) is 3.06. The number of aromatic nitrogens is 1. The number of thiazole rings is 1. The lowest BCUT2D eigenvalue weighted by Gasteiger charge is -2.44. The first-order valence-corrected chi connectivity index (χ1v) is 10.6. The molecule has 13 nitrogen and oxygen atoms in total. The number of anilines is 1. The van der Waals surface area contributed by atoms with Crippen molar-refractivity contribution in [3.8, 4) is 0 Å². The molecule has 1 aliphatic heterocycles. The molecule has 1 aromatic heterocycles. The summed E-state index contributed by atoms with van der Waals surface area (Å²) in [6.07, 6.45) is 0.962. The molecule has 164 valence electrons. The van der Waals surface area contributed by atoms with Gasteiger partial charge in [-0.1, -0.05) is 5.16 Å². The van der Waals surface area contributed by atoms with Crippen molar-refractivity contribution < 1.29 is 36.9 Å². The van der Waals surface area contributed by atoms with Crippen LogP contribution in [0.5, 0.6) is 0 Å². The number of amides is 2. The fourth-order valence-corrected chi connectivity index (χ4v) is 4.13. The van der Waals surface area contributed by atoms with Crippen LogP contribution in [0.15, 0.2) is 22.2 Å². The number of rotatable bonds is 8. The van der Waals surface area contributed by atoms with Gasteiger partial charge in [-0.3, -0.25) is 14.1 Å². The molecule has 2 rings (SSSR count). The molecule has 0 unspecified atom stereocenters. The van der Waals surface area contributed by atoms with E-state index in [0.717, 1.165) is 17.4 Å². The number of nitrogens with one attached hydrogen (secondary N) is 1. The largest absolute Gasteiger partial charge is 0.463 e. The summed E-state index contributed by atoms with van der Waals surface area (Å²) in [7, 11) is -3.76. The second-order valence-corrected chi connectivity index (χ2v) is 8.02. The fourth-order valence-electron chi connectivity index (χ4n) is 2.67. The summed E-state index contributed by atoms with van der Waals surface area (Å²) in [6, 6.07) is -2.77. The van der Waals surface area contributed by atoms with E-state index in [0.29, 0.717) is 0 Å². The SMILES string of the molecule is CCOC(=O)/C=C(/C)[C@H]1[C@@H](NC(=O)/C(=N\OC)c2csc(N)n2)C(=O)N1S(=O)(=O)O. The van der Waals surface area contributed by atoms with Gasteiger partial charge < -0.3 is 20.6 Å². The second-order valence-electron chi connectivity index (χ2n) is 5.84. The van der Waals surface area contributed by atoms with Gasteiger partial charge in [0, 0.05) is 11.5 Å². The van der Waals surface area contributed by atoms with Crippen LogP contribution in [0.4, 0.5) is 5.13 Å². The third-order valence-electron chi connectivity index (χ3n) is 3.85. The maximum absolute atomic E-state index is 12.6. The molecular weight excluding hydrogens is 442 g/mol. The lowest BCUT2D eigenvalue weighted by atomic mass is 9.91. The number of β-lactam (4-membered cyclic amide) rings is 1. The Kier molecular flexibility index (Phi) is 7.12. The third kappa shape index (κ3) is 4.92. The number of nitrogen functional groups attached to an aromatic ring is 1. The monoisotopic (exact) mass is 461 g/mol. The molecule has 0 aromatic carbocycles. The highest BCUT2D eigenvalue weighted by atomic mass is 32.2. The highest BCUT2D eigenvalue weighted by Crippen LogP contribution is 2.29. The number of nitrogens with two attached hydrogens (primary N) is 1. The highest BCUT2D eigenvalue weighted by molar-refractivity contribution is 7.84. The van der Waals surface area contributed by atoms with Crippen molar-refractivity contribution >= 4 is 50.3 Å². The smallest absolute Gasteiger partial charge is 0.362 e. The molecular formula is C15H19N5O8S2. The van der Waals surface area contributed by atoms with Crippen molar-refractivity contribution in [1.82, 2.24) is 14.6 Å². The predicted molar refractivity (Wildman–Crippen MR) is 105 cm³/mol. The van der Waals surface area contributed by atoms with Crippen LogP contribution in [-0.2, 0) is 34.3 Å². The normalized spacial score (nSPS) is 19.9. The lowest BCUT2D eigenvalue weighted by molar-refractivity contribution is -0.143. The van der Waals surface area contributed by atoms with Gasteiger partial charge in [-0.15, -0.1) is 11.3 Å². The predicted octanol–water partition coefficient (Wildman–Crippen LogP) is -0.916. The molecule has 2 amide bonds. The van der Waals surface area contributed by atoms with Gasteiger partial charge in [-0.2, -0.15) is 8.42 Å². The summed E-state index contributed by atoms with van der Waals surface area (Å²) in [5.41, 5.74) is 5.36. The van der Waals surface area contributed by atoms with Crippen LogP contribution in [0.3, 0.4) is 0 Å². The summed E-state index contributed by atoms with van der Waals surface area (Å²) >= 11 is 1.04. The van der Waals surface area contributed by atoms with Crippen molar-refractivity contribution in [3.05, 3.63) is 22.7 Å².